The molecule has 0 radical (unpaired) electrons. The fourth-order valence-electron chi connectivity index (χ4n) is 2.55. The van der Waals surface area contributed by atoms with Gasteiger partial charge in [0, 0.05) is 5.92 Å². The molecule has 1 atom stereocenters. The van der Waals surface area contributed by atoms with Crippen molar-refractivity contribution >= 4 is 0 Å². The van der Waals surface area contributed by atoms with Crippen LogP contribution in [-0.4, -0.2) is 0 Å². The van der Waals surface area contributed by atoms with Crippen molar-refractivity contribution in [3.63, 3.8) is 0 Å². The number of benzene rings is 1. The van der Waals surface area contributed by atoms with E-state index in [-0.39, 0.29) is 0 Å². The van der Waals surface area contributed by atoms with E-state index in [0.29, 0.717) is 5.92 Å². The number of allylic oxidation sites excluding steroid dienone is 2. The molecule has 1 aromatic carbocycles. The minimum absolute atomic E-state index is 0.562. The van der Waals surface area contributed by atoms with E-state index in [1.54, 1.807) is 5.57 Å². The minimum atomic E-state index is 0.562. The highest BCUT2D eigenvalue weighted by atomic mass is 14.2. The predicted molar refractivity (Wildman–Crippen MR) is 77.7 cm³/mol. The average Bonchev–Trinajstić information content (AvgIpc) is 2.39. The van der Waals surface area contributed by atoms with Gasteiger partial charge >= 0.3 is 0 Å². The van der Waals surface area contributed by atoms with Crippen molar-refractivity contribution < 1.29 is 0 Å². The third-order valence-corrected chi connectivity index (χ3v) is 3.80. The van der Waals surface area contributed by atoms with Crippen molar-refractivity contribution in [1.82, 2.24) is 0 Å². The third-order valence-electron chi connectivity index (χ3n) is 3.80. The van der Waals surface area contributed by atoms with E-state index in [2.05, 4.69) is 58.9 Å². The zero-order valence-electron chi connectivity index (χ0n) is 12.0. The lowest BCUT2D eigenvalue weighted by Crippen LogP contribution is -2.03. The van der Waals surface area contributed by atoms with Gasteiger partial charge in [-0.05, 0) is 42.9 Å². The summed E-state index contributed by atoms with van der Waals surface area (Å²) in [5.41, 5.74) is 6.04. The Balaban J connectivity index is 3.17. The van der Waals surface area contributed by atoms with Gasteiger partial charge in [-0.3, -0.25) is 0 Å². The van der Waals surface area contributed by atoms with Crippen LogP contribution >= 0.6 is 0 Å². The van der Waals surface area contributed by atoms with Gasteiger partial charge in [-0.15, -0.1) is 0 Å². The Labute approximate surface area is 107 Å². The van der Waals surface area contributed by atoms with Crippen molar-refractivity contribution in [2.75, 3.05) is 0 Å². The van der Waals surface area contributed by atoms with Gasteiger partial charge in [0.05, 0.1) is 0 Å². The van der Waals surface area contributed by atoms with Crippen LogP contribution in [0.25, 0.3) is 0 Å². The summed E-state index contributed by atoms with van der Waals surface area (Å²) in [6, 6.07) is 6.99. The molecule has 0 amide bonds. The predicted octanol–water partition coefficient (Wildman–Crippen LogP) is 5.27. The van der Waals surface area contributed by atoms with Gasteiger partial charge in [-0.25, -0.2) is 0 Å². The Morgan fingerprint density at radius 3 is 2.35 bits per heavy atom. The molecule has 0 N–H and O–H groups in total. The Kier molecular flexibility index (Phi) is 5.47. The summed E-state index contributed by atoms with van der Waals surface area (Å²) in [7, 11) is 0. The number of hydrogen-bond acceptors (Lipinski definition) is 0. The van der Waals surface area contributed by atoms with E-state index in [0.717, 1.165) is 19.3 Å². The molecule has 0 fully saturated rings. The highest BCUT2D eigenvalue weighted by Gasteiger charge is 2.13. The summed E-state index contributed by atoms with van der Waals surface area (Å²) in [6.45, 7) is 11.2. The monoisotopic (exact) mass is 230 g/mol. The van der Waals surface area contributed by atoms with Crippen molar-refractivity contribution in [1.29, 1.82) is 0 Å². The molecule has 0 aliphatic heterocycles. The molecule has 0 aromatic heterocycles. The van der Waals surface area contributed by atoms with Crippen molar-refractivity contribution in [2.45, 2.75) is 59.8 Å². The molecule has 0 saturated heterocycles. The molecule has 0 aliphatic carbocycles. The van der Waals surface area contributed by atoms with E-state index in [4.69, 9.17) is 0 Å². The van der Waals surface area contributed by atoms with Gasteiger partial charge in [0.25, 0.3) is 0 Å². The number of hydrogen-bond donors (Lipinski definition) is 0. The fraction of sp³-hybridized carbons (Fsp3) is 0.529. The molecule has 1 rings (SSSR count). The zero-order chi connectivity index (χ0) is 12.8. The highest BCUT2D eigenvalue weighted by molar-refractivity contribution is 5.38. The van der Waals surface area contributed by atoms with Crippen LogP contribution in [0.4, 0.5) is 0 Å². The summed E-state index contributed by atoms with van der Waals surface area (Å²) < 4.78 is 0. The first-order chi connectivity index (χ1) is 8.17. The smallest absolute Gasteiger partial charge is 0.00224 e. The first-order valence-corrected chi connectivity index (χ1v) is 6.94. The van der Waals surface area contributed by atoms with Gasteiger partial charge in [-0.1, -0.05) is 57.5 Å². The van der Waals surface area contributed by atoms with E-state index in [9.17, 15) is 0 Å². The van der Waals surface area contributed by atoms with Crippen LogP contribution in [0.2, 0.25) is 0 Å². The van der Waals surface area contributed by atoms with Crippen molar-refractivity contribution in [2.24, 2.45) is 0 Å². The maximum atomic E-state index is 2.41. The molecule has 0 nitrogen and oxygen atoms in total. The molecular weight excluding hydrogens is 204 g/mol. The van der Waals surface area contributed by atoms with Gasteiger partial charge in [0.15, 0.2) is 0 Å². The number of aryl methyl sites for hydroxylation is 2. The summed E-state index contributed by atoms with van der Waals surface area (Å²) in [5.74, 6) is 0.562. The second-order valence-electron chi connectivity index (χ2n) is 4.68. The molecule has 0 heterocycles. The Morgan fingerprint density at radius 1 is 1.18 bits per heavy atom. The molecule has 0 spiro atoms. The molecule has 1 aromatic rings. The van der Waals surface area contributed by atoms with Crippen LogP contribution in [0.1, 0.15) is 63.6 Å². The lowest BCUT2D eigenvalue weighted by atomic mass is 9.86. The van der Waals surface area contributed by atoms with E-state index in [1.807, 2.05) is 0 Å². The van der Waals surface area contributed by atoms with E-state index < -0.39 is 0 Å². The van der Waals surface area contributed by atoms with Crippen LogP contribution in [0.3, 0.4) is 0 Å². The molecule has 0 bridgehead atoms. The second kappa shape index (κ2) is 6.64. The normalized spacial score (nSPS) is 13.8. The summed E-state index contributed by atoms with van der Waals surface area (Å²) in [5, 5.41) is 0. The largest absolute Gasteiger partial charge is 0.0879 e. The van der Waals surface area contributed by atoms with Crippen LogP contribution in [0, 0.1) is 0 Å². The summed E-state index contributed by atoms with van der Waals surface area (Å²) in [4.78, 5) is 0. The molecule has 0 heteroatoms. The minimum Gasteiger partial charge on any atom is -0.0879 e. The molecule has 17 heavy (non-hydrogen) atoms. The van der Waals surface area contributed by atoms with Gasteiger partial charge in [0.2, 0.25) is 0 Å². The van der Waals surface area contributed by atoms with Crippen molar-refractivity contribution in [3.05, 3.63) is 46.5 Å². The Bertz CT molecular complexity index is 385. The standard InChI is InChI=1S/C17H26/c1-6-14-10-11-16(9-4)17(12-14)13(5)15(7-2)8-3/h7,10-13H,6,8-9H2,1-5H3/b15-7-. The topological polar surface area (TPSA) is 0 Å². The molecule has 1 unspecified atom stereocenters. The zero-order valence-corrected chi connectivity index (χ0v) is 12.0. The van der Waals surface area contributed by atoms with Crippen LogP contribution in [0.15, 0.2) is 29.8 Å². The van der Waals surface area contributed by atoms with Crippen LogP contribution in [-0.2, 0) is 12.8 Å². The van der Waals surface area contributed by atoms with E-state index >= 15 is 0 Å². The maximum absolute atomic E-state index is 2.41. The lowest BCUT2D eigenvalue weighted by molar-refractivity contribution is 0.817. The first kappa shape index (κ1) is 14.0. The van der Waals surface area contributed by atoms with Gasteiger partial charge in [-0.2, -0.15) is 0 Å². The van der Waals surface area contributed by atoms with E-state index in [1.165, 1.54) is 16.7 Å². The average molecular weight is 230 g/mol. The van der Waals surface area contributed by atoms with Gasteiger partial charge < -0.3 is 0 Å². The molecular formula is C17H26. The molecule has 0 aliphatic rings. The fourth-order valence-corrected chi connectivity index (χ4v) is 2.55. The maximum Gasteiger partial charge on any atom is 0.00224 e. The Morgan fingerprint density at radius 2 is 1.88 bits per heavy atom. The number of rotatable bonds is 5. The highest BCUT2D eigenvalue weighted by Crippen LogP contribution is 2.30. The van der Waals surface area contributed by atoms with Gasteiger partial charge in [0.1, 0.15) is 0 Å². The lowest BCUT2D eigenvalue weighted by Gasteiger charge is -2.19. The first-order valence-electron chi connectivity index (χ1n) is 6.94. The van der Waals surface area contributed by atoms with Crippen molar-refractivity contribution in [3.8, 4) is 0 Å². The van der Waals surface area contributed by atoms with Crippen LogP contribution < -0.4 is 0 Å². The molecule has 0 saturated carbocycles. The third kappa shape index (κ3) is 3.21. The summed E-state index contributed by atoms with van der Waals surface area (Å²) >= 11 is 0. The Hall–Kier alpha value is -1.04. The molecule has 94 valence electrons. The quantitative estimate of drug-likeness (QED) is 0.604. The summed E-state index contributed by atoms with van der Waals surface area (Å²) in [6.07, 6.45) is 5.69. The van der Waals surface area contributed by atoms with Crippen LogP contribution in [0.5, 0.6) is 0 Å². The SMILES string of the molecule is C/C=C(/CC)C(C)c1cc(CC)ccc1CC. The second-order valence-corrected chi connectivity index (χ2v) is 4.68.